The van der Waals surface area contributed by atoms with Crippen LogP contribution in [0.15, 0.2) is 24.7 Å². The molecule has 0 amide bonds. The van der Waals surface area contributed by atoms with Gasteiger partial charge in [-0.1, -0.05) is 11.6 Å². The zero-order chi connectivity index (χ0) is 13.7. The summed E-state index contributed by atoms with van der Waals surface area (Å²) in [7, 11) is 0. The molecule has 0 aliphatic rings. The Hall–Kier alpha value is -1.88. The molecule has 0 aliphatic heterocycles. The second-order valence-electron chi connectivity index (χ2n) is 4.16. The molecule has 2 rings (SSSR count). The van der Waals surface area contributed by atoms with Gasteiger partial charge < -0.3 is 10.6 Å². The molecule has 0 atom stereocenters. The first-order valence-electron chi connectivity index (χ1n) is 6.04. The summed E-state index contributed by atoms with van der Waals surface area (Å²) in [5.74, 6) is 1.37. The van der Waals surface area contributed by atoms with Gasteiger partial charge >= 0.3 is 0 Å². The normalized spacial score (nSPS) is 10.3. The highest BCUT2D eigenvalue weighted by molar-refractivity contribution is 6.32. The largest absolute Gasteiger partial charge is 0.383 e. The van der Waals surface area contributed by atoms with E-state index < -0.39 is 0 Å². The van der Waals surface area contributed by atoms with E-state index in [1.54, 1.807) is 12.4 Å². The van der Waals surface area contributed by atoms with E-state index in [1.807, 2.05) is 26.1 Å². The quantitative estimate of drug-likeness (QED) is 0.823. The maximum Gasteiger partial charge on any atom is 0.148 e. The SMILES string of the molecule is Cc1ncc(Cl)c(NCCNc2ccncc2C)n1. The molecule has 0 saturated carbocycles. The average molecular weight is 278 g/mol. The van der Waals surface area contributed by atoms with Gasteiger partial charge in [-0.2, -0.15) is 0 Å². The minimum Gasteiger partial charge on any atom is -0.383 e. The molecule has 0 aromatic carbocycles. The van der Waals surface area contributed by atoms with Gasteiger partial charge in [0.25, 0.3) is 0 Å². The summed E-state index contributed by atoms with van der Waals surface area (Å²) >= 11 is 6.00. The highest BCUT2D eigenvalue weighted by Crippen LogP contribution is 2.17. The van der Waals surface area contributed by atoms with Crippen molar-refractivity contribution >= 4 is 23.1 Å². The summed E-state index contributed by atoms with van der Waals surface area (Å²) in [6, 6.07) is 1.96. The van der Waals surface area contributed by atoms with Crippen LogP contribution in [0.2, 0.25) is 5.02 Å². The van der Waals surface area contributed by atoms with Gasteiger partial charge in [0.15, 0.2) is 0 Å². The fourth-order valence-electron chi connectivity index (χ4n) is 1.63. The minimum absolute atomic E-state index is 0.533. The van der Waals surface area contributed by atoms with E-state index in [0.717, 1.165) is 24.3 Å². The Balaban J connectivity index is 1.84. The van der Waals surface area contributed by atoms with Crippen molar-refractivity contribution in [2.75, 3.05) is 23.7 Å². The number of nitrogens with one attached hydrogen (secondary N) is 2. The van der Waals surface area contributed by atoms with E-state index in [-0.39, 0.29) is 0 Å². The fraction of sp³-hybridized carbons (Fsp3) is 0.308. The Morgan fingerprint density at radius 1 is 1.16 bits per heavy atom. The van der Waals surface area contributed by atoms with Gasteiger partial charge in [-0.05, 0) is 25.5 Å². The molecule has 0 bridgehead atoms. The molecular formula is C13H16ClN5. The van der Waals surface area contributed by atoms with Crippen molar-refractivity contribution in [1.82, 2.24) is 15.0 Å². The van der Waals surface area contributed by atoms with E-state index in [9.17, 15) is 0 Å². The first-order valence-corrected chi connectivity index (χ1v) is 6.42. The monoisotopic (exact) mass is 277 g/mol. The van der Waals surface area contributed by atoms with Gasteiger partial charge in [-0.3, -0.25) is 4.98 Å². The molecule has 2 heterocycles. The number of anilines is 2. The predicted octanol–water partition coefficient (Wildman–Crippen LogP) is 2.67. The van der Waals surface area contributed by atoms with Crippen LogP contribution in [-0.2, 0) is 0 Å². The smallest absolute Gasteiger partial charge is 0.148 e. The average Bonchev–Trinajstić information content (AvgIpc) is 2.40. The van der Waals surface area contributed by atoms with E-state index in [2.05, 4.69) is 25.6 Å². The molecule has 0 saturated heterocycles. The van der Waals surface area contributed by atoms with Crippen LogP contribution < -0.4 is 10.6 Å². The second kappa shape index (κ2) is 6.33. The molecule has 2 aromatic heterocycles. The number of hydrogen-bond donors (Lipinski definition) is 2. The Morgan fingerprint density at radius 3 is 2.74 bits per heavy atom. The van der Waals surface area contributed by atoms with Crippen molar-refractivity contribution in [2.24, 2.45) is 0 Å². The van der Waals surface area contributed by atoms with Crippen LogP contribution in [-0.4, -0.2) is 28.0 Å². The lowest BCUT2D eigenvalue weighted by atomic mass is 10.2. The number of rotatable bonds is 5. The third-order valence-electron chi connectivity index (χ3n) is 2.62. The molecular weight excluding hydrogens is 262 g/mol. The topological polar surface area (TPSA) is 62.7 Å². The molecule has 0 fully saturated rings. The van der Waals surface area contributed by atoms with E-state index in [4.69, 9.17) is 11.6 Å². The maximum atomic E-state index is 6.00. The van der Waals surface area contributed by atoms with E-state index in [1.165, 1.54) is 0 Å². The van der Waals surface area contributed by atoms with Crippen LogP contribution in [0.3, 0.4) is 0 Å². The molecule has 0 aliphatic carbocycles. The van der Waals surface area contributed by atoms with Crippen LogP contribution in [0.25, 0.3) is 0 Å². The number of aryl methyl sites for hydroxylation is 2. The van der Waals surface area contributed by atoms with Crippen molar-refractivity contribution in [1.29, 1.82) is 0 Å². The van der Waals surface area contributed by atoms with Crippen LogP contribution in [0, 0.1) is 13.8 Å². The van der Waals surface area contributed by atoms with Gasteiger partial charge in [0, 0.05) is 31.2 Å². The Bertz CT molecular complexity index is 558. The highest BCUT2D eigenvalue weighted by Gasteiger charge is 2.02. The zero-order valence-corrected chi connectivity index (χ0v) is 11.7. The fourth-order valence-corrected chi connectivity index (χ4v) is 1.79. The zero-order valence-electron chi connectivity index (χ0n) is 10.9. The molecule has 19 heavy (non-hydrogen) atoms. The molecule has 2 aromatic rings. The summed E-state index contributed by atoms with van der Waals surface area (Å²) in [4.78, 5) is 12.3. The third kappa shape index (κ3) is 3.79. The Labute approximate surface area is 117 Å². The highest BCUT2D eigenvalue weighted by atomic mass is 35.5. The van der Waals surface area contributed by atoms with Crippen LogP contribution >= 0.6 is 11.6 Å². The molecule has 6 heteroatoms. The lowest BCUT2D eigenvalue weighted by molar-refractivity contribution is 1.01. The second-order valence-corrected chi connectivity index (χ2v) is 4.57. The third-order valence-corrected chi connectivity index (χ3v) is 2.89. The van der Waals surface area contributed by atoms with Crippen molar-refractivity contribution in [3.8, 4) is 0 Å². The van der Waals surface area contributed by atoms with Crippen LogP contribution in [0.4, 0.5) is 11.5 Å². The van der Waals surface area contributed by atoms with Crippen LogP contribution in [0.5, 0.6) is 0 Å². The first-order chi connectivity index (χ1) is 9.16. The Morgan fingerprint density at radius 2 is 1.95 bits per heavy atom. The summed E-state index contributed by atoms with van der Waals surface area (Å²) in [6.45, 7) is 5.34. The molecule has 0 unspecified atom stereocenters. The number of hydrogen-bond acceptors (Lipinski definition) is 5. The van der Waals surface area contributed by atoms with E-state index in [0.29, 0.717) is 16.7 Å². The lowest BCUT2D eigenvalue weighted by Crippen LogP contribution is -2.15. The lowest BCUT2D eigenvalue weighted by Gasteiger charge is -2.11. The number of nitrogens with zero attached hydrogens (tertiary/aromatic N) is 3. The van der Waals surface area contributed by atoms with Gasteiger partial charge in [0.2, 0.25) is 0 Å². The van der Waals surface area contributed by atoms with Crippen LogP contribution in [0.1, 0.15) is 11.4 Å². The molecule has 0 radical (unpaired) electrons. The summed E-state index contributed by atoms with van der Waals surface area (Å²) < 4.78 is 0. The molecule has 0 spiro atoms. The van der Waals surface area contributed by atoms with Gasteiger partial charge in [-0.15, -0.1) is 0 Å². The summed E-state index contributed by atoms with van der Waals surface area (Å²) in [5.41, 5.74) is 2.21. The Kier molecular flexibility index (Phi) is 4.52. The van der Waals surface area contributed by atoms with Crippen molar-refractivity contribution < 1.29 is 0 Å². The first kappa shape index (κ1) is 13.5. The van der Waals surface area contributed by atoms with E-state index >= 15 is 0 Å². The minimum atomic E-state index is 0.533. The summed E-state index contributed by atoms with van der Waals surface area (Å²) in [5, 5.41) is 7.04. The van der Waals surface area contributed by atoms with Gasteiger partial charge in [0.05, 0.1) is 6.20 Å². The van der Waals surface area contributed by atoms with Gasteiger partial charge in [0.1, 0.15) is 16.7 Å². The number of pyridine rings is 1. The molecule has 100 valence electrons. The standard InChI is InChI=1S/C13H16ClN5/c1-9-7-15-4-3-12(9)16-5-6-17-13-11(14)8-18-10(2)19-13/h3-4,7-8H,5-6H2,1-2H3,(H,15,16)(H,17,18,19). The number of halogens is 1. The van der Waals surface area contributed by atoms with Gasteiger partial charge in [-0.25, -0.2) is 9.97 Å². The number of aromatic nitrogens is 3. The predicted molar refractivity (Wildman–Crippen MR) is 77.7 cm³/mol. The van der Waals surface area contributed by atoms with Crippen molar-refractivity contribution in [3.05, 3.63) is 41.1 Å². The van der Waals surface area contributed by atoms with Crippen molar-refractivity contribution in [3.63, 3.8) is 0 Å². The summed E-state index contributed by atoms with van der Waals surface area (Å²) in [6.07, 6.45) is 5.21. The maximum absolute atomic E-state index is 6.00. The molecule has 2 N–H and O–H groups in total. The van der Waals surface area contributed by atoms with Crippen molar-refractivity contribution in [2.45, 2.75) is 13.8 Å². The molecule has 5 nitrogen and oxygen atoms in total.